The van der Waals surface area contributed by atoms with Gasteiger partial charge in [-0.3, -0.25) is 9.36 Å². The summed E-state index contributed by atoms with van der Waals surface area (Å²) in [7, 11) is -1.74. The maximum Gasteiger partial charge on any atom is 0.247 e. The van der Waals surface area contributed by atoms with Gasteiger partial charge >= 0.3 is 0 Å². The quantitative estimate of drug-likeness (QED) is 0.847. The van der Waals surface area contributed by atoms with E-state index in [1.807, 2.05) is 26.2 Å². The first-order chi connectivity index (χ1) is 11.4. The van der Waals surface area contributed by atoms with Gasteiger partial charge in [0.2, 0.25) is 10.0 Å². The molecule has 1 atom stereocenters. The molecule has 0 unspecified atom stereocenters. The minimum Gasteiger partial charge on any atom is -0.275 e. The van der Waals surface area contributed by atoms with Crippen LogP contribution >= 0.6 is 0 Å². The third kappa shape index (κ3) is 3.12. The summed E-state index contributed by atoms with van der Waals surface area (Å²) in [5.74, 6) is 0. The molecule has 8 heteroatoms. The first-order valence-corrected chi connectivity index (χ1v) is 9.93. The Morgan fingerprint density at radius 3 is 2.67 bits per heavy atom. The maximum absolute atomic E-state index is 13.3. The van der Waals surface area contributed by atoms with Crippen LogP contribution in [-0.2, 0) is 23.6 Å². The summed E-state index contributed by atoms with van der Waals surface area (Å²) in [6, 6.07) is 1.71. The van der Waals surface area contributed by atoms with Gasteiger partial charge in [0.1, 0.15) is 4.90 Å². The van der Waals surface area contributed by atoms with Crippen molar-refractivity contribution in [3.8, 4) is 0 Å². The van der Waals surface area contributed by atoms with E-state index in [-0.39, 0.29) is 6.04 Å². The average molecular weight is 351 g/mol. The summed E-state index contributed by atoms with van der Waals surface area (Å²) >= 11 is 0. The monoisotopic (exact) mass is 351 g/mol. The van der Waals surface area contributed by atoms with Gasteiger partial charge in [0, 0.05) is 32.5 Å². The van der Waals surface area contributed by atoms with Gasteiger partial charge in [0.15, 0.2) is 0 Å². The normalized spacial score (nSPS) is 20.2. The van der Waals surface area contributed by atoms with Crippen LogP contribution in [0.2, 0.25) is 0 Å². The summed E-state index contributed by atoms with van der Waals surface area (Å²) in [5, 5.41) is 8.77. The van der Waals surface area contributed by atoms with Crippen LogP contribution in [-0.4, -0.2) is 38.8 Å². The Bertz CT molecular complexity index is 808. The van der Waals surface area contributed by atoms with Gasteiger partial charge in [-0.2, -0.15) is 14.5 Å². The summed E-state index contributed by atoms with van der Waals surface area (Å²) in [4.78, 5) is 0.312. The molecule has 2 aromatic heterocycles. The number of hydrogen-bond donors (Lipinski definition) is 0. The lowest BCUT2D eigenvalue weighted by molar-refractivity contribution is 0.321. The van der Waals surface area contributed by atoms with E-state index >= 15 is 0 Å². The highest BCUT2D eigenvalue weighted by atomic mass is 32.2. The minimum absolute atomic E-state index is 0.205. The number of nitrogens with zero attached hydrogens (tertiary/aromatic N) is 5. The van der Waals surface area contributed by atoms with Crippen molar-refractivity contribution in [3.05, 3.63) is 29.8 Å². The molecule has 132 valence electrons. The lowest BCUT2D eigenvalue weighted by Crippen LogP contribution is -2.35. The first-order valence-electron chi connectivity index (χ1n) is 8.49. The fraction of sp³-hybridized carbons (Fsp3) is 0.625. The number of aromatic nitrogens is 4. The van der Waals surface area contributed by atoms with Crippen LogP contribution in [0, 0.1) is 6.92 Å². The second kappa shape index (κ2) is 6.68. The number of hydrogen-bond acceptors (Lipinski definition) is 4. The Morgan fingerprint density at radius 2 is 2.04 bits per heavy atom. The predicted octanol–water partition coefficient (Wildman–Crippen LogP) is 2.25. The molecule has 0 N–H and O–H groups in total. The molecule has 3 heterocycles. The van der Waals surface area contributed by atoms with E-state index in [4.69, 9.17) is 0 Å². The van der Waals surface area contributed by atoms with E-state index in [2.05, 4.69) is 10.2 Å². The van der Waals surface area contributed by atoms with E-state index in [1.165, 1.54) is 0 Å². The molecule has 1 aliphatic heterocycles. The summed E-state index contributed by atoms with van der Waals surface area (Å²) < 4.78 is 31.7. The van der Waals surface area contributed by atoms with Gasteiger partial charge in [-0.05, 0) is 32.8 Å². The van der Waals surface area contributed by atoms with Gasteiger partial charge in [-0.25, -0.2) is 8.42 Å². The Morgan fingerprint density at radius 1 is 1.25 bits per heavy atom. The van der Waals surface area contributed by atoms with Crippen molar-refractivity contribution in [3.63, 3.8) is 0 Å². The smallest absolute Gasteiger partial charge is 0.247 e. The Kier molecular flexibility index (Phi) is 4.78. The zero-order valence-electron chi connectivity index (χ0n) is 14.5. The van der Waals surface area contributed by atoms with Crippen LogP contribution in [0.3, 0.4) is 0 Å². The van der Waals surface area contributed by atoms with Crippen molar-refractivity contribution >= 4 is 10.0 Å². The Balaban J connectivity index is 2.03. The van der Waals surface area contributed by atoms with Crippen molar-refractivity contribution in [2.75, 3.05) is 6.54 Å². The summed E-state index contributed by atoms with van der Waals surface area (Å²) in [6.07, 6.45) is 7.25. The molecule has 24 heavy (non-hydrogen) atoms. The lowest BCUT2D eigenvalue weighted by Gasteiger charge is -2.27. The van der Waals surface area contributed by atoms with E-state index < -0.39 is 10.0 Å². The Hall–Kier alpha value is -1.67. The highest BCUT2D eigenvalue weighted by molar-refractivity contribution is 7.89. The molecule has 1 fully saturated rings. The summed E-state index contributed by atoms with van der Waals surface area (Å²) in [6.45, 7) is 4.89. The van der Waals surface area contributed by atoms with Crippen molar-refractivity contribution in [2.45, 2.75) is 57.0 Å². The van der Waals surface area contributed by atoms with E-state index in [0.717, 1.165) is 31.4 Å². The van der Waals surface area contributed by atoms with Crippen LogP contribution in [0.25, 0.3) is 0 Å². The molecule has 0 saturated carbocycles. The molecule has 0 radical (unpaired) electrons. The fourth-order valence-corrected chi connectivity index (χ4v) is 5.16. The standard InChI is InChI=1S/C16H25N5O2S/c1-4-20-12-16(13(2)17-20)24(22,23)21-10-7-5-6-8-15(21)14-9-11-19(3)18-14/h9,11-12,15H,4-8,10H2,1-3H3/t15-/m0/s1. The van der Waals surface area contributed by atoms with Gasteiger partial charge in [-0.15, -0.1) is 0 Å². The maximum atomic E-state index is 13.3. The summed E-state index contributed by atoms with van der Waals surface area (Å²) in [5.41, 5.74) is 1.38. The van der Waals surface area contributed by atoms with Crippen LogP contribution in [0.1, 0.15) is 50.0 Å². The van der Waals surface area contributed by atoms with Crippen LogP contribution in [0.4, 0.5) is 0 Å². The van der Waals surface area contributed by atoms with Crippen molar-refractivity contribution < 1.29 is 8.42 Å². The largest absolute Gasteiger partial charge is 0.275 e. The molecule has 3 rings (SSSR count). The second-order valence-electron chi connectivity index (χ2n) is 6.33. The highest BCUT2D eigenvalue weighted by Gasteiger charge is 2.36. The van der Waals surface area contributed by atoms with Gasteiger partial charge < -0.3 is 0 Å². The molecule has 2 aromatic rings. The van der Waals surface area contributed by atoms with E-state index in [1.54, 1.807) is 26.8 Å². The lowest BCUT2D eigenvalue weighted by atomic mass is 10.1. The third-order valence-electron chi connectivity index (χ3n) is 4.59. The van der Waals surface area contributed by atoms with Crippen molar-refractivity contribution in [2.24, 2.45) is 7.05 Å². The van der Waals surface area contributed by atoms with Crippen LogP contribution < -0.4 is 0 Å². The van der Waals surface area contributed by atoms with Gasteiger partial charge in [-0.1, -0.05) is 12.8 Å². The zero-order valence-corrected chi connectivity index (χ0v) is 15.3. The third-order valence-corrected chi connectivity index (χ3v) is 6.60. The zero-order chi connectivity index (χ0) is 17.3. The Labute approximate surface area is 143 Å². The van der Waals surface area contributed by atoms with Crippen molar-refractivity contribution in [1.29, 1.82) is 0 Å². The molecule has 0 bridgehead atoms. The van der Waals surface area contributed by atoms with Crippen molar-refractivity contribution in [1.82, 2.24) is 23.9 Å². The molecule has 1 aliphatic rings. The molecule has 7 nitrogen and oxygen atoms in total. The molecule has 0 amide bonds. The molecule has 0 aromatic carbocycles. The first kappa shape index (κ1) is 17.2. The minimum atomic E-state index is -3.59. The average Bonchev–Trinajstić information content (AvgIpc) is 3.04. The SMILES string of the molecule is CCn1cc(S(=O)(=O)N2CCCCC[C@H]2c2ccn(C)n2)c(C)n1. The van der Waals surface area contributed by atoms with Gasteiger partial charge in [0.25, 0.3) is 0 Å². The molecule has 1 saturated heterocycles. The van der Waals surface area contributed by atoms with E-state index in [9.17, 15) is 8.42 Å². The predicted molar refractivity (Wildman–Crippen MR) is 90.9 cm³/mol. The second-order valence-corrected chi connectivity index (χ2v) is 8.19. The molecule has 0 aliphatic carbocycles. The van der Waals surface area contributed by atoms with Crippen LogP contribution in [0.5, 0.6) is 0 Å². The van der Waals surface area contributed by atoms with Gasteiger partial charge in [0.05, 0.1) is 17.4 Å². The highest BCUT2D eigenvalue weighted by Crippen LogP contribution is 2.34. The topological polar surface area (TPSA) is 73.0 Å². The van der Waals surface area contributed by atoms with Crippen LogP contribution in [0.15, 0.2) is 23.4 Å². The fourth-order valence-electron chi connectivity index (χ4n) is 3.32. The number of sulfonamides is 1. The number of rotatable bonds is 4. The molecule has 0 spiro atoms. The number of aryl methyl sites for hydroxylation is 3. The molecular weight excluding hydrogens is 326 g/mol. The molecular formula is C16H25N5O2S. The van der Waals surface area contributed by atoms with E-state index in [0.29, 0.717) is 23.7 Å².